The van der Waals surface area contributed by atoms with Gasteiger partial charge in [-0.2, -0.15) is 0 Å². The fraction of sp³-hybridized carbons (Fsp3) is 0.571. The van der Waals surface area contributed by atoms with E-state index >= 15 is 0 Å². The number of hydrogen-bond donors (Lipinski definition) is 1. The predicted octanol–water partition coefficient (Wildman–Crippen LogP) is 2.69. The molecule has 0 aliphatic heterocycles. The van der Waals surface area contributed by atoms with Gasteiger partial charge in [0.25, 0.3) is 0 Å². The lowest BCUT2D eigenvalue weighted by Gasteiger charge is -2.19. The largest absolute Gasteiger partial charge is 0.309 e. The summed E-state index contributed by atoms with van der Waals surface area (Å²) in [6.07, 6.45) is 4.28. The summed E-state index contributed by atoms with van der Waals surface area (Å²) < 4.78 is 35.1. The molecule has 1 aromatic carbocycles. The highest BCUT2D eigenvalue weighted by atomic mass is 32.2. The third-order valence-electron chi connectivity index (χ3n) is 2.98. The Bertz CT molecular complexity index is 471. The predicted molar refractivity (Wildman–Crippen MR) is 76.4 cm³/mol. The summed E-state index contributed by atoms with van der Waals surface area (Å²) in [5.74, 6) is -0.134. The van der Waals surface area contributed by atoms with Crippen molar-refractivity contribution in [3.63, 3.8) is 0 Å². The van der Waals surface area contributed by atoms with E-state index in [9.17, 15) is 12.8 Å². The molecule has 108 valence electrons. The number of halogens is 1. The van der Waals surface area contributed by atoms with Crippen LogP contribution in [0, 0.1) is 5.82 Å². The maximum atomic E-state index is 12.9. The average molecular weight is 287 g/mol. The van der Waals surface area contributed by atoms with E-state index in [1.807, 2.05) is 0 Å². The van der Waals surface area contributed by atoms with Crippen molar-refractivity contribution in [3.8, 4) is 0 Å². The Labute approximate surface area is 115 Å². The van der Waals surface area contributed by atoms with Gasteiger partial charge < -0.3 is 5.32 Å². The number of nitrogens with one attached hydrogen (secondary N) is 1. The van der Waals surface area contributed by atoms with Crippen LogP contribution in [0.3, 0.4) is 0 Å². The maximum Gasteiger partial charge on any atom is 0.148 e. The van der Waals surface area contributed by atoms with Gasteiger partial charge in [-0.15, -0.1) is 0 Å². The zero-order valence-corrected chi connectivity index (χ0v) is 12.3. The molecule has 1 aromatic rings. The lowest BCUT2D eigenvalue weighted by atomic mass is 10.0. The van der Waals surface area contributed by atoms with Crippen molar-refractivity contribution in [2.24, 2.45) is 0 Å². The molecule has 1 unspecified atom stereocenters. The number of rotatable bonds is 8. The van der Waals surface area contributed by atoms with Gasteiger partial charge in [0, 0.05) is 18.8 Å². The minimum absolute atomic E-state index is 0.0855. The van der Waals surface area contributed by atoms with E-state index in [1.165, 1.54) is 18.4 Å². The van der Waals surface area contributed by atoms with Gasteiger partial charge in [-0.05, 0) is 24.1 Å². The van der Waals surface area contributed by atoms with Gasteiger partial charge >= 0.3 is 0 Å². The van der Waals surface area contributed by atoms with Gasteiger partial charge in [0.05, 0.1) is 5.75 Å². The van der Waals surface area contributed by atoms with Crippen LogP contribution in [0.15, 0.2) is 24.3 Å². The van der Waals surface area contributed by atoms with Crippen LogP contribution in [0.2, 0.25) is 0 Å². The van der Waals surface area contributed by atoms with E-state index in [1.54, 1.807) is 12.1 Å². The van der Waals surface area contributed by atoms with Crippen molar-refractivity contribution in [2.45, 2.75) is 32.2 Å². The molecule has 0 saturated heterocycles. The smallest absolute Gasteiger partial charge is 0.148 e. The molecule has 0 saturated carbocycles. The van der Waals surface area contributed by atoms with E-state index in [2.05, 4.69) is 12.2 Å². The normalized spacial score (nSPS) is 13.4. The van der Waals surface area contributed by atoms with Crippen molar-refractivity contribution >= 4 is 9.84 Å². The first-order valence-corrected chi connectivity index (χ1v) is 8.65. The third-order valence-corrected chi connectivity index (χ3v) is 3.93. The summed E-state index contributed by atoms with van der Waals surface area (Å²) in [5, 5.41) is 3.25. The zero-order chi connectivity index (χ0) is 14.3. The SMILES string of the molecule is CCCCC(NCCS(C)(=O)=O)c1ccc(F)cc1. The summed E-state index contributed by atoms with van der Waals surface area (Å²) in [6.45, 7) is 2.53. The number of hydrogen-bond acceptors (Lipinski definition) is 3. The Kier molecular flexibility index (Phi) is 6.45. The second-order valence-electron chi connectivity index (χ2n) is 4.83. The second kappa shape index (κ2) is 7.60. The number of sulfone groups is 1. The highest BCUT2D eigenvalue weighted by molar-refractivity contribution is 7.90. The third kappa shape index (κ3) is 6.68. The number of unbranched alkanes of at least 4 members (excludes halogenated alkanes) is 1. The fourth-order valence-electron chi connectivity index (χ4n) is 1.91. The molecule has 0 aliphatic carbocycles. The summed E-state index contributed by atoms with van der Waals surface area (Å²) in [6, 6.07) is 6.47. The Balaban J connectivity index is 2.63. The van der Waals surface area contributed by atoms with Crippen molar-refractivity contribution in [1.29, 1.82) is 0 Å². The van der Waals surface area contributed by atoms with Gasteiger partial charge in [0.1, 0.15) is 15.7 Å². The van der Waals surface area contributed by atoms with Gasteiger partial charge in [-0.3, -0.25) is 0 Å². The van der Waals surface area contributed by atoms with Gasteiger partial charge in [0.15, 0.2) is 0 Å². The van der Waals surface area contributed by atoms with Crippen LogP contribution in [-0.2, 0) is 9.84 Å². The minimum atomic E-state index is -2.95. The first kappa shape index (κ1) is 16.1. The maximum absolute atomic E-state index is 12.9. The molecule has 0 bridgehead atoms. The molecule has 1 N–H and O–H groups in total. The molecule has 0 amide bonds. The average Bonchev–Trinajstić information content (AvgIpc) is 2.33. The molecule has 0 radical (unpaired) electrons. The van der Waals surface area contributed by atoms with Crippen molar-refractivity contribution in [2.75, 3.05) is 18.6 Å². The van der Waals surface area contributed by atoms with Gasteiger partial charge in [-0.1, -0.05) is 31.9 Å². The molecular formula is C14H22FNO2S. The molecule has 0 heterocycles. The summed E-state index contributed by atoms with van der Waals surface area (Å²) in [7, 11) is -2.95. The van der Waals surface area contributed by atoms with Crippen LogP contribution >= 0.6 is 0 Å². The highest BCUT2D eigenvalue weighted by Crippen LogP contribution is 2.19. The monoisotopic (exact) mass is 287 g/mol. The minimum Gasteiger partial charge on any atom is -0.309 e. The van der Waals surface area contributed by atoms with Crippen LogP contribution in [-0.4, -0.2) is 27.0 Å². The van der Waals surface area contributed by atoms with Gasteiger partial charge in [0.2, 0.25) is 0 Å². The van der Waals surface area contributed by atoms with Crippen LogP contribution in [0.1, 0.15) is 37.8 Å². The summed E-state index contributed by atoms with van der Waals surface area (Å²) in [5.41, 5.74) is 1.00. The second-order valence-corrected chi connectivity index (χ2v) is 7.09. The van der Waals surface area contributed by atoms with Gasteiger partial charge in [-0.25, -0.2) is 12.8 Å². The van der Waals surface area contributed by atoms with E-state index in [4.69, 9.17) is 0 Å². The van der Waals surface area contributed by atoms with Crippen LogP contribution < -0.4 is 5.32 Å². The molecule has 0 aromatic heterocycles. The molecule has 5 heteroatoms. The van der Waals surface area contributed by atoms with E-state index in [0.717, 1.165) is 24.8 Å². The zero-order valence-electron chi connectivity index (χ0n) is 11.5. The lowest BCUT2D eigenvalue weighted by Crippen LogP contribution is -2.27. The molecule has 1 atom stereocenters. The van der Waals surface area contributed by atoms with Crippen molar-refractivity contribution in [1.82, 2.24) is 5.32 Å². The number of benzene rings is 1. The molecule has 0 aliphatic rings. The Morgan fingerprint density at radius 1 is 1.26 bits per heavy atom. The summed E-state index contributed by atoms with van der Waals surface area (Å²) in [4.78, 5) is 0. The molecule has 1 rings (SSSR count). The molecule has 3 nitrogen and oxygen atoms in total. The van der Waals surface area contributed by atoms with Crippen LogP contribution in [0.25, 0.3) is 0 Å². The Morgan fingerprint density at radius 2 is 1.89 bits per heavy atom. The molecule has 19 heavy (non-hydrogen) atoms. The standard InChI is InChI=1S/C14H22FNO2S/c1-3-4-5-14(16-10-11-19(2,17)18)12-6-8-13(15)9-7-12/h6-9,14,16H,3-5,10-11H2,1-2H3. The van der Waals surface area contributed by atoms with Crippen LogP contribution in [0.4, 0.5) is 4.39 Å². The Hall–Kier alpha value is -0.940. The summed E-state index contributed by atoms with van der Waals surface area (Å²) >= 11 is 0. The lowest BCUT2D eigenvalue weighted by molar-refractivity contribution is 0.492. The van der Waals surface area contributed by atoms with Crippen LogP contribution in [0.5, 0.6) is 0 Å². The van der Waals surface area contributed by atoms with E-state index in [-0.39, 0.29) is 17.6 Å². The fourth-order valence-corrected chi connectivity index (χ4v) is 2.40. The quantitative estimate of drug-likeness (QED) is 0.799. The van der Waals surface area contributed by atoms with Crippen molar-refractivity contribution < 1.29 is 12.8 Å². The van der Waals surface area contributed by atoms with E-state index < -0.39 is 9.84 Å². The molecular weight excluding hydrogens is 265 g/mol. The Morgan fingerprint density at radius 3 is 2.42 bits per heavy atom. The first-order chi connectivity index (χ1) is 8.92. The molecule has 0 spiro atoms. The van der Waals surface area contributed by atoms with Crippen molar-refractivity contribution in [3.05, 3.63) is 35.6 Å². The highest BCUT2D eigenvalue weighted by Gasteiger charge is 2.11. The van der Waals surface area contributed by atoms with E-state index in [0.29, 0.717) is 6.54 Å². The molecule has 0 fully saturated rings. The first-order valence-electron chi connectivity index (χ1n) is 6.59. The topological polar surface area (TPSA) is 46.2 Å².